The summed E-state index contributed by atoms with van der Waals surface area (Å²) in [6.07, 6.45) is 2.19. The highest BCUT2D eigenvalue weighted by Crippen LogP contribution is 2.35. The largest absolute Gasteiger partial charge is 0.502 e. The minimum atomic E-state index is -0.416. The van der Waals surface area contributed by atoms with Crippen LogP contribution in [0.4, 0.5) is 0 Å². The van der Waals surface area contributed by atoms with E-state index in [1.54, 1.807) is 6.07 Å². The summed E-state index contributed by atoms with van der Waals surface area (Å²) in [5, 5.41) is 9.26. The summed E-state index contributed by atoms with van der Waals surface area (Å²) in [7, 11) is 0. The minimum absolute atomic E-state index is 0.0789. The van der Waals surface area contributed by atoms with E-state index < -0.39 is 5.43 Å². The van der Waals surface area contributed by atoms with Crippen molar-refractivity contribution in [3.05, 3.63) is 62.6 Å². The Morgan fingerprint density at radius 1 is 1.22 bits per heavy atom. The molecule has 0 radical (unpaired) electrons. The van der Waals surface area contributed by atoms with Gasteiger partial charge in [0.05, 0.1) is 6.54 Å². The molecule has 23 heavy (non-hydrogen) atoms. The molecular formula is C17H18N2O4. The lowest BCUT2D eigenvalue weighted by atomic mass is 9.83. The minimum Gasteiger partial charge on any atom is -0.502 e. The number of piperidine rings is 1. The maximum atomic E-state index is 12.0. The second-order valence-corrected chi connectivity index (χ2v) is 6.49. The number of aromatic nitrogens is 1. The van der Waals surface area contributed by atoms with Crippen LogP contribution >= 0.6 is 0 Å². The van der Waals surface area contributed by atoms with E-state index in [0.29, 0.717) is 24.1 Å². The van der Waals surface area contributed by atoms with Gasteiger partial charge in [-0.1, -0.05) is 6.07 Å². The molecule has 4 rings (SSSR count). The van der Waals surface area contributed by atoms with Crippen molar-refractivity contribution in [1.29, 1.82) is 0 Å². The second-order valence-electron chi connectivity index (χ2n) is 6.49. The Bertz CT molecular complexity index is 854. The number of hydrogen-bond acceptors (Lipinski definition) is 5. The molecule has 2 aliphatic rings. The average Bonchev–Trinajstić information content (AvgIpc) is 2.52. The molecule has 1 saturated heterocycles. The molecule has 6 heteroatoms. The fourth-order valence-corrected chi connectivity index (χ4v) is 3.87. The molecule has 0 spiro atoms. The van der Waals surface area contributed by atoms with E-state index in [2.05, 4.69) is 4.90 Å². The Morgan fingerprint density at radius 3 is 2.91 bits per heavy atom. The van der Waals surface area contributed by atoms with Gasteiger partial charge in [-0.2, -0.15) is 0 Å². The summed E-state index contributed by atoms with van der Waals surface area (Å²) in [4.78, 5) is 25.8. The van der Waals surface area contributed by atoms with Gasteiger partial charge in [0.1, 0.15) is 12.0 Å². The summed E-state index contributed by atoms with van der Waals surface area (Å²) < 4.78 is 7.21. The van der Waals surface area contributed by atoms with Gasteiger partial charge in [-0.15, -0.1) is 0 Å². The fraction of sp³-hybridized carbons (Fsp3) is 0.412. The van der Waals surface area contributed by atoms with Crippen LogP contribution in [0.15, 0.2) is 44.5 Å². The lowest BCUT2D eigenvalue weighted by Gasteiger charge is -2.42. The Morgan fingerprint density at radius 2 is 2.09 bits per heavy atom. The molecule has 0 aliphatic carbocycles. The van der Waals surface area contributed by atoms with Crippen molar-refractivity contribution in [2.45, 2.75) is 25.4 Å². The molecule has 0 amide bonds. The number of aromatic hydroxyl groups is 1. The first kappa shape index (κ1) is 14.3. The monoisotopic (exact) mass is 314 g/mol. The molecule has 2 bridgehead atoms. The van der Waals surface area contributed by atoms with Gasteiger partial charge in [0.25, 0.3) is 5.56 Å². The Hall–Kier alpha value is -2.34. The molecule has 2 aromatic heterocycles. The van der Waals surface area contributed by atoms with Crippen LogP contribution in [0.25, 0.3) is 0 Å². The maximum absolute atomic E-state index is 12.0. The highest BCUT2D eigenvalue weighted by atomic mass is 16.4. The van der Waals surface area contributed by atoms with Gasteiger partial charge in [0, 0.05) is 43.4 Å². The molecule has 0 aromatic carbocycles. The molecule has 6 nitrogen and oxygen atoms in total. The number of fused-ring (bicyclic) bond motifs is 4. The van der Waals surface area contributed by atoms with Crippen molar-refractivity contribution in [3.63, 3.8) is 0 Å². The fourth-order valence-electron chi connectivity index (χ4n) is 3.87. The van der Waals surface area contributed by atoms with E-state index in [9.17, 15) is 14.7 Å². The Balaban J connectivity index is 1.57. The first-order valence-electron chi connectivity index (χ1n) is 7.83. The van der Waals surface area contributed by atoms with E-state index >= 15 is 0 Å². The number of nitrogens with zero attached hydrogens (tertiary/aromatic N) is 2. The Labute approximate surface area is 132 Å². The van der Waals surface area contributed by atoms with Gasteiger partial charge in [-0.05, 0) is 18.4 Å². The van der Waals surface area contributed by atoms with Gasteiger partial charge >= 0.3 is 0 Å². The Kier molecular flexibility index (Phi) is 3.34. The second kappa shape index (κ2) is 5.38. The summed E-state index contributed by atoms with van der Waals surface area (Å²) in [5.74, 6) is 0.959. The molecular weight excluding hydrogens is 296 g/mol. The summed E-state index contributed by atoms with van der Waals surface area (Å²) in [6, 6.07) is 6.82. The summed E-state index contributed by atoms with van der Waals surface area (Å²) in [5.41, 5.74) is 0.765. The summed E-state index contributed by atoms with van der Waals surface area (Å²) in [6.45, 7) is 3.01. The first-order valence-corrected chi connectivity index (χ1v) is 7.83. The van der Waals surface area contributed by atoms with Crippen molar-refractivity contribution in [3.8, 4) is 5.75 Å². The summed E-state index contributed by atoms with van der Waals surface area (Å²) >= 11 is 0. The SMILES string of the molecule is O=c1cc(CN2C[C@@H]3C[C@@H](C2)c2cccc(=O)n2C3)occ1O. The van der Waals surface area contributed by atoms with Gasteiger partial charge in [-0.3, -0.25) is 14.5 Å². The van der Waals surface area contributed by atoms with Crippen LogP contribution in [0.2, 0.25) is 0 Å². The van der Waals surface area contributed by atoms with Gasteiger partial charge in [0.15, 0.2) is 5.75 Å². The predicted octanol–water partition coefficient (Wildman–Crippen LogP) is 1.13. The van der Waals surface area contributed by atoms with Gasteiger partial charge in [-0.25, -0.2) is 0 Å². The standard InChI is InChI=1S/C17H18N2O4/c20-15-5-13(23-10-16(15)21)9-18-6-11-4-12(8-18)14-2-1-3-17(22)19(14)7-11/h1-3,5,10-12,21H,4,6-9H2/t11-,12-/m0/s1. The molecule has 0 unspecified atom stereocenters. The molecule has 1 N–H and O–H groups in total. The molecule has 0 saturated carbocycles. The van der Waals surface area contributed by atoms with Crippen molar-refractivity contribution in [2.75, 3.05) is 13.1 Å². The van der Waals surface area contributed by atoms with Gasteiger partial charge in [0.2, 0.25) is 5.43 Å². The van der Waals surface area contributed by atoms with Crippen LogP contribution in [-0.4, -0.2) is 27.7 Å². The third kappa shape index (κ3) is 2.59. The van der Waals surface area contributed by atoms with Crippen molar-refractivity contribution < 1.29 is 9.52 Å². The molecule has 2 atom stereocenters. The quantitative estimate of drug-likeness (QED) is 0.899. The molecule has 1 fully saturated rings. The zero-order valence-electron chi connectivity index (χ0n) is 12.6. The zero-order chi connectivity index (χ0) is 16.0. The predicted molar refractivity (Wildman–Crippen MR) is 83.5 cm³/mol. The van der Waals surface area contributed by atoms with Crippen LogP contribution < -0.4 is 11.0 Å². The van der Waals surface area contributed by atoms with Crippen LogP contribution in [0.1, 0.15) is 23.8 Å². The van der Waals surface area contributed by atoms with E-state index in [0.717, 1.165) is 38.0 Å². The zero-order valence-corrected chi connectivity index (χ0v) is 12.6. The lowest BCUT2D eigenvalue weighted by Crippen LogP contribution is -2.46. The van der Waals surface area contributed by atoms with Crippen molar-refractivity contribution >= 4 is 0 Å². The van der Waals surface area contributed by atoms with Crippen molar-refractivity contribution in [2.24, 2.45) is 5.92 Å². The third-order valence-electron chi connectivity index (χ3n) is 4.80. The highest BCUT2D eigenvalue weighted by Gasteiger charge is 2.34. The average molecular weight is 314 g/mol. The third-order valence-corrected chi connectivity index (χ3v) is 4.80. The van der Waals surface area contributed by atoms with Gasteiger partial charge < -0.3 is 14.1 Å². The number of hydrogen-bond donors (Lipinski definition) is 1. The topological polar surface area (TPSA) is 75.7 Å². The number of likely N-dealkylation sites (tertiary alicyclic amines) is 1. The normalized spacial score (nSPS) is 23.5. The number of rotatable bonds is 2. The van der Waals surface area contributed by atoms with Crippen molar-refractivity contribution in [1.82, 2.24) is 9.47 Å². The molecule has 2 aliphatic heterocycles. The van der Waals surface area contributed by atoms with E-state index in [4.69, 9.17) is 4.42 Å². The van der Waals surface area contributed by atoms with E-state index in [1.165, 1.54) is 6.07 Å². The van der Waals surface area contributed by atoms with E-state index in [-0.39, 0.29) is 11.3 Å². The first-order chi connectivity index (χ1) is 11.1. The van der Waals surface area contributed by atoms with E-state index in [1.807, 2.05) is 16.7 Å². The lowest BCUT2D eigenvalue weighted by molar-refractivity contribution is 0.107. The number of pyridine rings is 1. The van der Waals surface area contributed by atoms with Crippen LogP contribution in [0.3, 0.4) is 0 Å². The van der Waals surface area contributed by atoms with Crippen LogP contribution in [0, 0.1) is 5.92 Å². The molecule has 2 aromatic rings. The van der Waals surface area contributed by atoms with Crippen LogP contribution in [0.5, 0.6) is 5.75 Å². The molecule has 120 valence electrons. The smallest absolute Gasteiger partial charge is 0.250 e. The molecule has 4 heterocycles. The van der Waals surface area contributed by atoms with Crippen LogP contribution in [-0.2, 0) is 13.1 Å². The maximum Gasteiger partial charge on any atom is 0.250 e. The highest BCUT2D eigenvalue weighted by molar-refractivity contribution is 5.18.